The zero-order valence-electron chi connectivity index (χ0n) is 63.7. The minimum atomic E-state index is 0. The van der Waals surface area contributed by atoms with E-state index in [1.54, 1.807) is 56.9 Å². The molecule has 0 fully saturated rings. The van der Waals surface area contributed by atoms with Gasteiger partial charge in [-0.25, -0.2) is 19.9 Å². The van der Waals surface area contributed by atoms with E-state index in [0.29, 0.717) is 0 Å². The van der Waals surface area contributed by atoms with E-state index in [-0.39, 0.29) is 39.6 Å². The molecule has 10 heterocycles. The molecule has 2 radical (unpaired) electrons. The molecule has 0 saturated carbocycles. The van der Waals surface area contributed by atoms with Crippen LogP contribution in [0.3, 0.4) is 0 Å². The van der Waals surface area contributed by atoms with Crippen LogP contribution in [0.25, 0.3) is 182 Å². The number of benzene rings is 8. The van der Waals surface area contributed by atoms with Gasteiger partial charge in [-0.05, 0) is 235 Å². The Morgan fingerprint density at radius 2 is 0.270 bits per heavy atom. The van der Waals surface area contributed by atoms with Crippen LogP contribution >= 0.6 is 0 Å². The quantitative estimate of drug-likeness (QED) is 0.0823. The maximum Gasteiger partial charge on any atom is 3.00 e. The van der Waals surface area contributed by atoms with Gasteiger partial charge in [0.05, 0.1) is 102 Å². The molecule has 14 aromatic rings. The van der Waals surface area contributed by atoms with Gasteiger partial charge in [-0.15, -0.1) is 44.1 Å². The summed E-state index contributed by atoms with van der Waals surface area (Å²) in [7, 11) is 13.3. The van der Waals surface area contributed by atoms with Crippen LogP contribution in [0.5, 0.6) is 46.0 Å². The van der Waals surface area contributed by atoms with Gasteiger partial charge in [0.15, 0.2) is 0 Å². The number of fused-ring (bicyclic) bond motifs is 16. The molecule has 16 bridgehead atoms. The summed E-state index contributed by atoms with van der Waals surface area (Å²) in [5.74, 6) is 6.13. The van der Waals surface area contributed by atoms with Gasteiger partial charge in [-0.1, -0.05) is 146 Å². The van der Waals surface area contributed by atoms with Gasteiger partial charge >= 0.3 is 34.1 Å². The number of hydrogen-bond acceptors (Lipinski definition) is 12. The van der Waals surface area contributed by atoms with Crippen LogP contribution in [-0.4, -0.2) is 76.8 Å². The molecule has 4 aliphatic heterocycles. The molecule has 0 unspecified atom stereocenters. The molecule has 0 amide bonds. The molecule has 0 saturated heterocycles. The smallest absolute Gasteiger partial charge is 2.00 e. The summed E-state index contributed by atoms with van der Waals surface area (Å²) in [5.41, 5.74) is 27.3. The van der Waals surface area contributed by atoms with Crippen LogP contribution in [0, 0.1) is 0 Å². The topological polar surface area (TPSA) is 210 Å². The SMILES string of the molecule is COc1ccc(-c2c3nc(c(-c4ccc(OC)cc4)c4ccc([n-]4)c(-c4ccc(OC)cc4)c4nc(c(-c5ccc(OC)cc5)c5ccc2[n-]5)C=C4)C=C3)cc1.COc1ccc(-c2c3nc(c(-c4ccc(OC)cc4)c4ccc([n-]4)c(-c4ccc(OC)cc4)c4nc(c(-c5ccc(OC)cc5)c5ccc2[n-]5)C=C4)C=C3)cc1.[Fe+3].[Fe+3].[O-2]. The number of methoxy groups -OCH3 is 8. The van der Waals surface area contributed by atoms with E-state index in [0.717, 1.165) is 225 Å². The molecule has 18 rings (SSSR count). The summed E-state index contributed by atoms with van der Waals surface area (Å²) in [4.78, 5) is 42.7. The molecule has 115 heavy (non-hydrogen) atoms. The first-order valence-electron chi connectivity index (χ1n) is 36.3. The Morgan fingerprint density at radius 1 is 0.165 bits per heavy atom. The third kappa shape index (κ3) is 15.5. The van der Waals surface area contributed by atoms with Crippen molar-refractivity contribution in [2.24, 2.45) is 0 Å². The van der Waals surface area contributed by atoms with Crippen molar-refractivity contribution in [3.63, 3.8) is 0 Å². The van der Waals surface area contributed by atoms with Crippen molar-refractivity contribution in [2.45, 2.75) is 0 Å². The van der Waals surface area contributed by atoms with E-state index in [4.69, 9.17) is 77.8 Å². The van der Waals surface area contributed by atoms with Gasteiger partial charge in [-0.3, -0.25) is 0 Å². The summed E-state index contributed by atoms with van der Waals surface area (Å²) < 4.78 is 44.2. The van der Waals surface area contributed by atoms with Gasteiger partial charge in [0.25, 0.3) is 0 Å². The van der Waals surface area contributed by atoms with E-state index < -0.39 is 0 Å². The zero-order chi connectivity index (χ0) is 76.3. The normalized spacial score (nSPS) is 11.5. The Morgan fingerprint density at radius 3 is 0.365 bits per heavy atom. The number of nitrogens with zero attached hydrogens (tertiary/aromatic N) is 8. The van der Waals surface area contributed by atoms with Crippen LogP contribution in [0.15, 0.2) is 243 Å². The molecule has 4 aliphatic rings. The van der Waals surface area contributed by atoms with Crippen molar-refractivity contribution in [3.05, 3.63) is 288 Å². The molecule has 19 heteroatoms. The second-order valence-electron chi connectivity index (χ2n) is 26.6. The molecule has 0 atom stereocenters. The summed E-state index contributed by atoms with van der Waals surface area (Å²) >= 11 is 0. The maximum atomic E-state index is 5.52. The summed E-state index contributed by atoms with van der Waals surface area (Å²) in [6.07, 6.45) is 16.5. The van der Waals surface area contributed by atoms with Crippen molar-refractivity contribution in [1.29, 1.82) is 0 Å². The van der Waals surface area contributed by atoms with Crippen molar-refractivity contribution in [2.75, 3.05) is 56.9 Å². The van der Waals surface area contributed by atoms with Gasteiger partial charge in [-0.2, -0.15) is 0 Å². The van der Waals surface area contributed by atoms with Crippen LogP contribution in [-0.2, 0) is 39.6 Å². The van der Waals surface area contributed by atoms with Crippen LogP contribution in [0.2, 0.25) is 0 Å². The van der Waals surface area contributed by atoms with Gasteiger partial charge in [0.1, 0.15) is 46.0 Å². The number of aromatic nitrogens is 8. The first-order chi connectivity index (χ1) is 55.1. The Bertz CT molecular complexity index is 5280. The monoisotopic (exact) mass is 1590 g/mol. The second kappa shape index (κ2) is 34.1. The molecule has 0 spiro atoms. The molecule has 6 aromatic heterocycles. The number of ether oxygens (including phenoxy) is 8. The number of hydrogen-bond donors (Lipinski definition) is 0. The van der Waals surface area contributed by atoms with E-state index >= 15 is 0 Å². The fraction of sp³-hybridized carbons (Fsp3) is 0.0833. The second-order valence-corrected chi connectivity index (χ2v) is 26.6. The van der Waals surface area contributed by atoms with Crippen LogP contribution in [0.4, 0.5) is 0 Å². The van der Waals surface area contributed by atoms with Crippen molar-refractivity contribution in [1.82, 2.24) is 39.9 Å². The zero-order valence-corrected chi connectivity index (χ0v) is 65.9. The molecule has 0 N–H and O–H groups in total. The summed E-state index contributed by atoms with van der Waals surface area (Å²) in [5, 5.41) is 0. The Kier molecular flexibility index (Phi) is 23.2. The molecule has 8 aromatic carbocycles. The maximum absolute atomic E-state index is 5.52. The van der Waals surface area contributed by atoms with Crippen molar-refractivity contribution >= 4 is 92.7 Å². The fourth-order valence-corrected chi connectivity index (χ4v) is 14.6. The van der Waals surface area contributed by atoms with Gasteiger partial charge < -0.3 is 63.3 Å². The largest absolute Gasteiger partial charge is 3.00 e. The average molecular weight is 1590 g/mol. The molecule has 566 valence electrons. The molecular formula is C96H72Fe2N8O9. The molecule has 17 nitrogen and oxygen atoms in total. The average Bonchev–Trinajstić information content (AvgIpc) is 1.62. The Hall–Kier alpha value is -13.6. The standard InChI is InChI=1S/2C48H36N4O4.2Fe.O/c2*1-53-33-13-5-29(6-14-33)45-37-21-23-39(49-37)46(30-7-15-34(54-2)16-8-30)41-25-27-43(51-41)48(32-11-19-36(56-4)20-12-32)44-28-26-42(52-44)47(40-24-22-38(45)50-40)31-9-17-35(55-3)18-10-31;;;/h2*5-28H,1-4H3;;;/q2*-2;2*+3;-2. The van der Waals surface area contributed by atoms with Crippen LogP contribution < -0.4 is 57.8 Å². The van der Waals surface area contributed by atoms with Gasteiger partial charge in [0, 0.05) is 0 Å². The Balaban J connectivity index is 0.000000185. The van der Waals surface area contributed by atoms with E-state index in [2.05, 4.69) is 97.1 Å². The minimum Gasteiger partial charge on any atom is -2.00 e. The number of rotatable bonds is 16. The van der Waals surface area contributed by atoms with E-state index in [9.17, 15) is 0 Å². The van der Waals surface area contributed by atoms with Gasteiger partial charge in [0.2, 0.25) is 0 Å². The molecule has 0 aliphatic carbocycles. The summed E-state index contributed by atoms with van der Waals surface area (Å²) in [6, 6.07) is 80.5. The third-order valence-electron chi connectivity index (χ3n) is 20.2. The first-order valence-corrected chi connectivity index (χ1v) is 36.3. The predicted molar refractivity (Wildman–Crippen MR) is 450 cm³/mol. The summed E-state index contributed by atoms with van der Waals surface area (Å²) in [6.45, 7) is 0. The minimum absolute atomic E-state index is 0. The van der Waals surface area contributed by atoms with Crippen molar-refractivity contribution < 1.29 is 77.5 Å². The molecular weight excluding hydrogens is 1520 g/mol. The third-order valence-corrected chi connectivity index (χ3v) is 20.2. The van der Waals surface area contributed by atoms with Crippen molar-refractivity contribution in [3.8, 4) is 135 Å². The Labute approximate surface area is 685 Å². The first kappa shape index (κ1) is 78.1. The predicted octanol–water partition coefficient (Wildman–Crippen LogP) is 21.1. The van der Waals surface area contributed by atoms with E-state index in [1.165, 1.54) is 0 Å². The fourth-order valence-electron chi connectivity index (χ4n) is 14.6. The van der Waals surface area contributed by atoms with Crippen LogP contribution in [0.1, 0.15) is 45.6 Å². The van der Waals surface area contributed by atoms with E-state index in [1.807, 2.05) is 194 Å².